The molecule has 5 nitrogen and oxygen atoms in total. The predicted octanol–water partition coefficient (Wildman–Crippen LogP) is 5.98. The monoisotopic (exact) mass is 502 g/mol. The van der Waals surface area contributed by atoms with Crippen molar-refractivity contribution >= 4 is 16.8 Å². The second-order valence-corrected chi connectivity index (χ2v) is 10.6. The Balaban J connectivity index is 1.30. The van der Waals surface area contributed by atoms with Gasteiger partial charge in [-0.25, -0.2) is 14.1 Å². The number of aromatic nitrogens is 3. The van der Waals surface area contributed by atoms with Crippen LogP contribution in [0, 0.1) is 25.6 Å². The van der Waals surface area contributed by atoms with E-state index in [1.54, 1.807) is 12.1 Å². The highest BCUT2D eigenvalue weighted by molar-refractivity contribution is 5.93. The number of aryl methyl sites for hydroxylation is 2. The Morgan fingerprint density at radius 1 is 0.974 bits per heavy atom. The van der Waals surface area contributed by atoms with Gasteiger partial charge in [0.05, 0.1) is 17.4 Å². The number of carbonyl (C=O) groups excluding carboxylic acids is 1. The van der Waals surface area contributed by atoms with Gasteiger partial charge in [-0.3, -0.25) is 4.79 Å². The molecule has 3 atom stereocenters. The summed E-state index contributed by atoms with van der Waals surface area (Å²) in [5, 5.41) is 5.66. The highest BCUT2D eigenvalue weighted by Crippen LogP contribution is 2.69. The molecule has 3 heterocycles. The summed E-state index contributed by atoms with van der Waals surface area (Å²) < 4.78 is 15.4. The highest BCUT2D eigenvalue weighted by atomic mass is 19.1. The summed E-state index contributed by atoms with van der Waals surface area (Å²) in [5.41, 5.74) is 6.76. The molecule has 0 bridgehead atoms. The molecule has 5 aromatic rings. The van der Waals surface area contributed by atoms with Crippen LogP contribution in [0.2, 0.25) is 0 Å². The van der Waals surface area contributed by atoms with Gasteiger partial charge in [0.2, 0.25) is 0 Å². The standard InChI is InChI=1S/C32H27FN4O/c1-20-15-29-23(17-34-37(29)25-13-11-24(33)12-14-25)16-26(20)32-19-36(31(38)28-10-6-7-21(2)35-28)18-27(32)30(32)22-8-4-3-5-9-22/h3-17,27,30H,18-19H2,1-2H3/t27-,30-,32+/m1/s1. The fraction of sp³-hybridized carbons (Fsp3) is 0.219. The Morgan fingerprint density at radius 2 is 1.76 bits per heavy atom. The van der Waals surface area contributed by atoms with E-state index >= 15 is 0 Å². The number of likely N-dealkylation sites (tertiary alicyclic amines) is 1. The van der Waals surface area contributed by atoms with Crippen molar-refractivity contribution in [1.82, 2.24) is 19.7 Å². The minimum atomic E-state index is -0.268. The summed E-state index contributed by atoms with van der Waals surface area (Å²) in [6.07, 6.45) is 1.88. The van der Waals surface area contributed by atoms with Gasteiger partial charge in [0.1, 0.15) is 11.5 Å². The predicted molar refractivity (Wildman–Crippen MR) is 145 cm³/mol. The van der Waals surface area contributed by atoms with Gasteiger partial charge >= 0.3 is 0 Å². The molecule has 1 saturated heterocycles. The van der Waals surface area contributed by atoms with Gasteiger partial charge in [0, 0.05) is 35.5 Å². The number of piperidine rings is 1. The first-order valence-corrected chi connectivity index (χ1v) is 13.0. The fourth-order valence-electron chi connectivity index (χ4n) is 6.71. The lowest BCUT2D eigenvalue weighted by Crippen LogP contribution is -2.35. The van der Waals surface area contributed by atoms with Crippen molar-refractivity contribution in [3.8, 4) is 5.69 Å². The van der Waals surface area contributed by atoms with E-state index in [9.17, 15) is 9.18 Å². The lowest BCUT2D eigenvalue weighted by Gasteiger charge is -2.25. The third-order valence-corrected chi connectivity index (χ3v) is 8.42. The van der Waals surface area contributed by atoms with Crippen LogP contribution in [0.5, 0.6) is 0 Å². The molecule has 6 heteroatoms. The van der Waals surface area contributed by atoms with Gasteiger partial charge < -0.3 is 4.90 Å². The summed E-state index contributed by atoms with van der Waals surface area (Å²) in [5.74, 6) is 0.411. The van der Waals surface area contributed by atoms with Crippen LogP contribution in [0.4, 0.5) is 4.39 Å². The number of hydrogen-bond donors (Lipinski definition) is 0. The largest absolute Gasteiger partial charge is 0.336 e. The van der Waals surface area contributed by atoms with Gasteiger partial charge in [-0.1, -0.05) is 36.4 Å². The van der Waals surface area contributed by atoms with Crippen LogP contribution < -0.4 is 0 Å². The van der Waals surface area contributed by atoms with Crippen LogP contribution in [0.15, 0.2) is 91.1 Å². The normalized spacial score (nSPS) is 22.0. The molecule has 0 radical (unpaired) electrons. The third kappa shape index (κ3) is 3.40. The maximum absolute atomic E-state index is 13.5. The summed E-state index contributed by atoms with van der Waals surface area (Å²) in [4.78, 5) is 20.0. The van der Waals surface area contributed by atoms with Gasteiger partial charge in [-0.15, -0.1) is 0 Å². The highest BCUT2D eigenvalue weighted by Gasteiger charge is 2.71. The molecule has 1 aliphatic carbocycles. The van der Waals surface area contributed by atoms with Gasteiger partial charge in [-0.05, 0) is 85.0 Å². The molecule has 38 heavy (non-hydrogen) atoms. The minimum absolute atomic E-state index is 0.00468. The number of carbonyl (C=O) groups is 1. The molecular weight excluding hydrogens is 475 g/mol. The van der Waals surface area contributed by atoms with Crippen molar-refractivity contribution in [2.75, 3.05) is 13.1 Å². The van der Waals surface area contributed by atoms with E-state index < -0.39 is 0 Å². The van der Waals surface area contributed by atoms with E-state index in [1.807, 2.05) is 40.9 Å². The number of pyridine rings is 1. The summed E-state index contributed by atoms with van der Waals surface area (Å²) in [7, 11) is 0. The van der Waals surface area contributed by atoms with Crippen molar-refractivity contribution in [3.63, 3.8) is 0 Å². The fourth-order valence-corrected chi connectivity index (χ4v) is 6.71. The Morgan fingerprint density at radius 3 is 2.53 bits per heavy atom. The van der Waals surface area contributed by atoms with Crippen LogP contribution >= 0.6 is 0 Å². The second kappa shape index (κ2) is 8.35. The number of fused-ring (bicyclic) bond motifs is 2. The van der Waals surface area contributed by atoms with E-state index in [-0.39, 0.29) is 17.1 Å². The molecule has 2 aromatic heterocycles. The molecule has 0 N–H and O–H groups in total. The van der Waals surface area contributed by atoms with Crippen molar-refractivity contribution < 1.29 is 9.18 Å². The lowest BCUT2D eigenvalue weighted by molar-refractivity contribution is 0.0763. The zero-order chi connectivity index (χ0) is 26.0. The molecule has 1 saturated carbocycles. The van der Waals surface area contributed by atoms with E-state index in [4.69, 9.17) is 0 Å². The minimum Gasteiger partial charge on any atom is -0.336 e. The van der Waals surface area contributed by atoms with E-state index in [0.717, 1.165) is 22.3 Å². The molecule has 1 amide bonds. The molecular formula is C32H27FN4O. The zero-order valence-electron chi connectivity index (χ0n) is 21.3. The smallest absolute Gasteiger partial charge is 0.272 e. The third-order valence-electron chi connectivity index (χ3n) is 8.42. The number of benzene rings is 3. The number of nitrogens with zero attached hydrogens (tertiary/aromatic N) is 4. The number of hydrogen-bond acceptors (Lipinski definition) is 3. The van der Waals surface area contributed by atoms with Gasteiger partial charge in [0.15, 0.2) is 0 Å². The molecule has 188 valence electrons. The molecule has 0 spiro atoms. The maximum Gasteiger partial charge on any atom is 0.272 e. The Labute approximate surface area is 220 Å². The quantitative estimate of drug-likeness (QED) is 0.304. The Hall–Kier alpha value is -4.32. The van der Waals surface area contributed by atoms with Crippen LogP contribution in [-0.4, -0.2) is 38.7 Å². The molecule has 3 aromatic carbocycles. The summed E-state index contributed by atoms with van der Waals surface area (Å²) in [6.45, 7) is 5.43. The Kier molecular flexibility index (Phi) is 5.02. The summed E-state index contributed by atoms with van der Waals surface area (Å²) in [6, 6.07) is 27.1. The second-order valence-electron chi connectivity index (χ2n) is 10.6. The first-order chi connectivity index (χ1) is 18.5. The SMILES string of the molecule is Cc1cccc(C(=O)N2C[C@@H]3[C@@H](c4ccccc4)[C@]3(c3cc4cnn(-c5ccc(F)cc5)c4cc3C)C2)n1. The van der Waals surface area contributed by atoms with E-state index in [2.05, 4.69) is 59.5 Å². The van der Waals surface area contributed by atoms with E-state index in [1.165, 1.54) is 28.8 Å². The number of halogens is 1. The van der Waals surface area contributed by atoms with Gasteiger partial charge in [-0.2, -0.15) is 5.10 Å². The number of amides is 1. The van der Waals surface area contributed by atoms with Crippen LogP contribution in [0.1, 0.15) is 38.8 Å². The molecule has 2 fully saturated rings. The molecule has 1 aliphatic heterocycles. The molecule has 7 rings (SSSR count). The van der Waals surface area contributed by atoms with Gasteiger partial charge in [0.25, 0.3) is 5.91 Å². The molecule has 2 aliphatic rings. The summed E-state index contributed by atoms with van der Waals surface area (Å²) >= 11 is 0. The van der Waals surface area contributed by atoms with Crippen LogP contribution in [0.25, 0.3) is 16.6 Å². The topological polar surface area (TPSA) is 51.0 Å². The first-order valence-electron chi connectivity index (χ1n) is 13.0. The van der Waals surface area contributed by atoms with Crippen LogP contribution in [-0.2, 0) is 5.41 Å². The average molecular weight is 503 g/mol. The van der Waals surface area contributed by atoms with Crippen molar-refractivity contribution in [2.24, 2.45) is 5.92 Å². The first kappa shape index (κ1) is 22.8. The van der Waals surface area contributed by atoms with Crippen molar-refractivity contribution in [3.05, 3.63) is 125 Å². The van der Waals surface area contributed by atoms with Crippen molar-refractivity contribution in [2.45, 2.75) is 25.2 Å². The molecule has 0 unspecified atom stereocenters. The zero-order valence-corrected chi connectivity index (χ0v) is 21.3. The number of rotatable bonds is 4. The maximum atomic E-state index is 13.5. The van der Waals surface area contributed by atoms with Crippen LogP contribution in [0.3, 0.4) is 0 Å². The van der Waals surface area contributed by atoms with Crippen molar-refractivity contribution in [1.29, 1.82) is 0 Å². The Bertz CT molecular complexity index is 1690. The average Bonchev–Trinajstić information content (AvgIpc) is 3.19. The lowest BCUT2D eigenvalue weighted by atomic mass is 9.86. The van der Waals surface area contributed by atoms with E-state index in [0.29, 0.717) is 30.6 Å².